The van der Waals surface area contributed by atoms with Gasteiger partial charge >= 0.3 is 0 Å². The zero-order valence-corrected chi connectivity index (χ0v) is 10.2. The fourth-order valence-electron chi connectivity index (χ4n) is 2.72. The number of rotatable bonds is 3. The molecule has 1 aliphatic heterocycles. The molecule has 3 nitrogen and oxygen atoms in total. The van der Waals surface area contributed by atoms with Crippen LogP contribution in [-0.2, 0) is 10.2 Å². The molecule has 0 saturated carbocycles. The first-order valence-electron chi connectivity index (χ1n) is 6.22. The number of carbonyl (C=O) groups is 1. The van der Waals surface area contributed by atoms with Crippen molar-refractivity contribution in [2.45, 2.75) is 31.6 Å². The van der Waals surface area contributed by atoms with E-state index in [1.54, 1.807) is 12.1 Å². The van der Waals surface area contributed by atoms with Gasteiger partial charge < -0.3 is 10.4 Å². The predicted molar refractivity (Wildman–Crippen MR) is 67.2 cm³/mol. The van der Waals surface area contributed by atoms with Crippen LogP contribution in [0.3, 0.4) is 0 Å². The van der Waals surface area contributed by atoms with Gasteiger partial charge in [0.15, 0.2) is 0 Å². The molecule has 2 N–H and O–H groups in total. The highest BCUT2D eigenvalue weighted by Crippen LogP contribution is 2.36. The molecule has 0 unspecified atom stereocenters. The first-order chi connectivity index (χ1) is 8.19. The number of phenols is 1. The van der Waals surface area contributed by atoms with Crippen molar-refractivity contribution in [2.24, 2.45) is 0 Å². The highest BCUT2D eigenvalue weighted by atomic mass is 16.3. The first-order valence-corrected chi connectivity index (χ1v) is 6.22. The summed E-state index contributed by atoms with van der Waals surface area (Å²) in [5.41, 5.74) is 0.574. The molecular weight excluding hydrogens is 214 g/mol. The molecular formula is C14H19NO2. The molecule has 1 fully saturated rings. The van der Waals surface area contributed by atoms with E-state index in [-0.39, 0.29) is 11.5 Å². The standard InChI is InChI=1S/C14H19NO2/c1-2-13(17)14(6-8-15-9-7-14)11-4-3-5-12(16)10-11/h3-5,10,15-16H,2,6-9H2,1H3. The summed E-state index contributed by atoms with van der Waals surface area (Å²) in [6.07, 6.45) is 2.20. The summed E-state index contributed by atoms with van der Waals surface area (Å²) in [6.45, 7) is 3.64. The Bertz CT molecular complexity index is 408. The molecule has 0 bridgehead atoms. The zero-order valence-electron chi connectivity index (χ0n) is 10.2. The van der Waals surface area contributed by atoms with Crippen molar-refractivity contribution in [3.05, 3.63) is 29.8 Å². The molecule has 0 amide bonds. The summed E-state index contributed by atoms with van der Waals surface area (Å²) < 4.78 is 0. The number of Topliss-reactive ketones (excluding diaryl/α,β-unsaturated/α-hetero) is 1. The van der Waals surface area contributed by atoms with Crippen molar-refractivity contribution >= 4 is 5.78 Å². The summed E-state index contributed by atoms with van der Waals surface area (Å²) in [5.74, 6) is 0.522. The fraction of sp³-hybridized carbons (Fsp3) is 0.500. The number of carbonyl (C=O) groups excluding carboxylic acids is 1. The monoisotopic (exact) mass is 233 g/mol. The van der Waals surface area contributed by atoms with E-state index in [9.17, 15) is 9.90 Å². The minimum Gasteiger partial charge on any atom is -0.508 e. The summed E-state index contributed by atoms with van der Waals surface area (Å²) in [7, 11) is 0. The molecule has 0 aliphatic carbocycles. The van der Waals surface area contributed by atoms with Crippen LogP contribution in [0.1, 0.15) is 31.7 Å². The van der Waals surface area contributed by atoms with Gasteiger partial charge in [-0.25, -0.2) is 0 Å². The largest absolute Gasteiger partial charge is 0.508 e. The average molecular weight is 233 g/mol. The molecule has 1 aromatic carbocycles. The van der Waals surface area contributed by atoms with Crippen LogP contribution in [0.25, 0.3) is 0 Å². The molecule has 0 aromatic heterocycles. The minimum absolute atomic E-state index is 0.240. The topological polar surface area (TPSA) is 49.3 Å². The SMILES string of the molecule is CCC(=O)C1(c2cccc(O)c2)CCNCC1. The average Bonchev–Trinajstić information content (AvgIpc) is 2.38. The number of phenolic OH excluding ortho intramolecular Hbond substituents is 1. The number of hydrogen-bond donors (Lipinski definition) is 2. The number of piperidine rings is 1. The van der Waals surface area contributed by atoms with Crippen LogP contribution in [0.5, 0.6) is 5.75 Å². The van der Waals surface area contributed by atoms with Gasteiger partial charge in [0.05, 0.1) is 5.41 Å². The molecule has 0 radical (unpaired) electrons. The van der Waals surface area contributed by atoms with Gasteiger partial charge in [-0.3, -0.25) is 4.79 Å². The Kier molecular flexibility index (Phi) is 3.48. The Hall–Kier alpha value is -1.35. The molecule has 3 heteroatoms. The summed E-state index contributed by atoms with van der Waals surface area (Å²) >= 11 is 0. The second-order valence-electron chi connectivity index (χ2n) is 4.66. The van der Waals surface area contributed by atoms with Crippen molar-refractivity contribution in [2.75, 3.05) is 13.1 Å². The van der Waals surface area contributed by atoms with Crippen LogP contribution < -0.4 is 5.32 Å². The maximum absolute atomic E-state index is 12.3. The lowest BCUT2D eigenvalue weighted by Gasteiger charge is -2.36. The van der Waals surface area contributed by atoms with Gasteiger partial charge in [-0.2, -0.15) is 0 Å². The van der Waals surface area contributed by atoms with Gasteiger partial charge in [-0.15, -0.1) is 0 Å². The molecule has 0 atom stereocenters. The van der Waals surface area contributed by atoms with E-state index in [4.69, 9.17) is 0 Å². The molecule has 1 heterocycles. The lowest BCUT2D eigenvalue weighted by atomic mass is 9.69. The lowest BCUT2D eigenvalue weighted by Crippen LogP contribution is -2.45. The van der Waals surface area contributed by atoms with Crippen LogP contribution in [0, 0.1) is 0 Å². The summed E-state index contributed by atoms with van der Waals surface area (Å²) in [5, 5.41) is 12.9. The molecule has 17 heavy (non-hydrogen) atoms. The molecule has 1 aliphatic rings. The van der Waals surface area contributed by atoms with Gasteiger partial charge in [-0.1, -0.05) is 19.1 Å². The van der Waals surface area contributed by atoms with Crippen LogP contribution in [0.4, 0.5) is 0 Å². The first kappa shape index (κ1) is 12.1. The molecule has 2 rings (SSSR count). The molecule has 92 valence electrons. The van der Waals surface area contributed by atoms with Crippen LogP contribution in [0.2, 0.25) is 0 Å². The Labute approximate surface area is 102 Å². The van der Waals surface area contributed by atoms with E-state index in [0.29, 0.717) is 6.42 Å². The van der Waals surface area contributed by atoms with Gasteiger partial charge in [0, 0.05) is 6.42 Å². The predicted octanol–water partition coefficient (Wildman–Crippen LogP) is 1.99. The van der Waals surface area contributed by atoms with Crippen LogP contribution >= 0.6 is 0 Å². The highest BCUT2D eigenvalue weighted by Gasteiger charge is 2.39. The third-order valence-corrected chi connectivity index (χ3v) is 3.71. The number of hydrogen-bond acceptors (Lipinski definition) is 3. The van der Waals surface area contributed by atoms with Crippen molar-refractivity contribution < 1.29 is 9.90 Å². The van der Waals surface area contributed by atoms with E-state index < -0.39 is 5.41 Å². The number of aromatic hydroxyl groups is 1. The van der Waals surface area contributed by atoms with Gasteiger partial charge in [-0.05, 0) is 43.6 Å². The fourth-order valence-corrected chi connectivity index (χ4v) is 2.72. The van der Waals surface area contributed by atoms with Gasteiger partial charge in [0.25, 0.3) is 0 Å². The van der Waals surface area contributed by atoms with Crippen molar-refractivity contribution in [3.8, 4) is 5.75 Å². The van der Waals surface area contributed by atoms with Crippen LogP contribution in [0.15, 0.2) is 24.3 Å². The molecule has 1 aromatic rings. The zero-order chi connectivity index (χ0) is 12.3. The number of nitrogens with one attached hydrogen (secondary N) is 1. The van der Waals surface area contributed by atoms with Gasteiger partial charge in [0.2, 0.25) is 0 Å². The smallest absolute Gasteiger partial charge is 0.143 e. The van der Waals surface area contributed by atoms with Crippen molar-refractivity contribution in [3.63, 3.8) is 0 Å². The Morgan fingerprint density at radius 3 is 2.71 bits per heavy atom. The van der Waals surface area contributed by atoms with Gasteiger partial charge in [0.1, 0.15) is 11.5 Å². The maximum Gasteiger partial charge on any atom is 0.143 e. The van der Waals surface area contributed by atoms with Crippen LogP contribution in [-0.4, -0.2) is 24.0 Å². The molecule has 1 saturated heterocycles. The lowest BCUT2D eigenvalue weighted by molar-refractivity contribution is -0.125. The van der Waals surface area contributed by atoms with E-state index >= 15 is 0 Å². The van der Waals surface area contributed by atoms with E-state index in [1.165, 1.54) is 0 Å². The van der Waals surface area contributed by atoms with E-state index in [2.05, 4.69) is 5.32 Å². The third kappa shape index (κ3) is 2.20. The number of benzene rings is 1. The van der Waals surface area contributed by atoms with E-state index in [0.717, 1.165) is 31.5 Å². The minimum atomic E-state index is -0.390. The second kappa shape index (κ2) is 4.88. The Morgan fingerprint density at radius 2 is 2.12 bits per heavy atom. The Balaban J connectivity index is 2.42. The van der Waals surface area contributed by atoms with E-state index in [1.807, 2.05) is 19.1 Å². The summed E-state index contributed by atoms with van der Waals surface area (Å²) in [6, 6.07) is 7.16. The summed E-state index contributed by atoms with van der Waals surface area (Å²) in [4.78, 5) is 12.3. The second-order valence-corrected chi connectivity index (χ2v) is 4.66. The quantitative estimate of drug-likeness (QED) is 0.839. The maximum atomic E-state index is 12.3. The molecule has 0 spiro atoms. The third-order valence-electron chi connectivity index (χ3n) is 3.71. The Morgan fingerprint density at radius 1 is 1.41 bits per heavy atom. The number of ketones is 1. The van der Waals surface area contributed by atoms with Crippen molar-refractivity contribution in [1.82, 2.24) is 5.32 Å². The van der Waals surface area contributed by atoms with Crippen molar-refractivity contribution in [1.29, 1.82) is 0 Å². The normalized spacial score (nSPS) is 18.9. The highest BCUT2D eigenvalue weighted by molar-refractivity contribution is 5.90.